The van der Waals surface area contributed by atoms with Gasteiger partial charge in [-0.1, -0.05) is 49.6 Å². The molecule has 9 nitrogen and oxygen atoms in total. The number of methoxy groups -OCH3 is 2. The van der Waals surface area contributed by atoms with Crippen molar-refractivity contribution in [3.63, 3.8) is 0 Å². The number of carbonyl (C=O) groups excluding carboxylic acids is 3. The number of rotatable bonds is 12. The minimum absolute atomic E-state index is 0.0526. The average molecular weight is 559 g/mol. The van der Waals surface area contributed by atoms with Gasteiger partial charge in [0.25, 0.3) is 0 Å². The van der Waals surface area contributed by atoms with E-state index in [0.29, 0.717) is 35.0 Å². The number of anilines is 2. The molecule has 1 heterocycles. The Morgan fingerprint density at radius 3 is 2.32 bits per heavy atom. The lowest BCUT2D eigenvalue weighted by atomic mass is 9.94. The highest BCUT2D eigenvalue weighted by Gasteiger charge is 2.35. The van der Waals surface area contributed by atoms with Crippen LogP contribution in [0.25, 0.3) is 0 Å². The zero-order valence-electron chi connectivity index (χ0n) is 23.7. The lowest BCUT2D eigenvalue weighted by Gasteiger charge is -2.34. The van der Waals surface area contributed by atoms with E-state index in [1.54, 1.807) is 67.9 Å². The van der Waals surface area contributed by atoms with Crippen molar-refractivity contribution < 1.29 is 23.9 Å². The van der Waals surface area contributed by atoms with Gasteiger partial charge in [-0.05, 0) is 61.2 Å². The fraction of sp³-hybridized carbons (Fsp3) is 0.375. The molecule has 3 aromatic rings. The van der Waals surface area contributed by atoms with Gasteiger partial charge in [0, 0.05) is 25.1 Å². The first-order valence-corrected chi connectivity index (χ1v) is 14.1. The highest BCUT2D eigenvalue weighted by molar-refractivity contribution is 6.02. The van der Waals surface area contributed by atoms with Crippen LogP contribution in [0.1, 0.15) is 63.0 Å². The second-order valence-corrected chi connectivity index (χ2v) is 10.1. The van der Waals surface area contributed by atoms with E-state index >= 15 is 0 Å². The van der Waals surface area contributed by atoms with Crippen LogP contribution in [0.15, 0.2) is 72.9 Å². The molecule has 1 aliphatic carbocycles. The number of ether oxygens (including phenoxy) is 2. The number of amides is 3. The maximum Gasteiger partial charge on any atom is 0.248 e. The van der Waals surface area contributed by atoms with Gasteiger partial charge in [-0.15, -0.1) is 0 Å². The molecule has 1 saturated carbocycles. The SMILES string of the molecule is COc1ccc([C@@H](C(=O)NC2CCCCC2)N(C(=O)CCCC(=O)Nc2ccccn2)c2ccccc2OC)cc1. The number of carbonyl (C=O) groups is 3. The summed E-state index contributed by atoms with van der Waals surface area (Å²) in [6.07, 6.45) is 7.19. The minimum atomic E-state index is -0.950. The average Bonchev–Trinajstić information content (AvgIpc) is 3.00. The number of aromatic nitrogens is 1. The van der Waals surface area contributed by atoms with E-state index in [0.717, 1.165) is 32.1 Å². The molecule has 1 atom stereocenters. The lowest BCUT2D eigenvalue weighted by Crippen LogP contribution is -2.47. The maximum absolute atomic E-state index is 14.0. The summed E-state index contributed by atoms with van der Waals surface area (Å²) in [6.45, 7) is 0. The normalized spacial score (nSPS) is 14.0. The number of nitrogens with one attached hydrogen (secondary N) is 2. The van der Waals surface area contributed by atoms with Crippen LogP contribution < -0.4 is 25.0 Å². The molecule has 0 bridgehead atoms. The van der Waals surface area contributed by atoms with Crippen LogP contribution in [0.2, 0.25) is 0 Å². The van der Waals surface area contributed by atoms with E-state index < -0.39 is 6.04 Å². The molecule has 0 radical (unpaired) electrons. The Morgan fingerprint density at radius 2 is 1.63 bits per heavy atom. The van der Waals surface area contributed by atoms with Crippen molar-refractivity contribution in [2.75, 3.05) is 24.4 Å². The molecule has 1 aromatic heterocycles. The molecule has 216 valence electrons. The van der Waals surface area contributed by atoms with Crippen molar-refractivity contribution in [1.82, 2.24) is 10.3 Å². The smallest absolute Gasteiger partial charge is 0.248 e. The van der Waals surface area contributed by atoms with Gasteiger partial charge < -0.3 is 20.1 Å². The van der Waals surface area contributed by atoms with Crippen molar-refractivity contribution >= 4 is 29.2 Å². The van der Waals surface area contributed by atoms with Gasteiger partial charge in [0.05, 0.1) is 19.9 Å². The molecule has 2 N–H and O–H groups in total. The van der Waals surface area contributed by atoms with Gasteiger partial charge in [0.1, 0.15) is 23.4 Å². The summed E-state index contributed by atoms with van der Waals surface area (Å²) in [4.78, 5) is 46.2. The molecular formula is C32H38N4O5. The molecule has 1 aliphatic rings. The van der Waals surface area contributed by atoms with Crippen molar-refractivity contribution in [2.24, 2.45) is 0 Å². The monoisotopic (exact) mass is 558 g/mol. The number of hydrogen-bond acceptors (Lipinski definition) is 6. The largest absolute Gasteiger partial charge is 0.497 e. The van der Waals surface area contributed by atoms with Crippen LogP contribution in [0.5, 0.6) is 11.5 Å². The fourth-order valence-corrected chi connectivity index (χ4v) is 5.14. The first-order valence-electron chi connectivity index (χ1n) is 14.1. The van der Waals surface area contributed by atoms with Gasteiger partial charge in [-0.3, -0.25) is 19.3 Å². The molecule has 1 fully saturated rings. The number of para-hydroxylation sites is 2. The molecular weight excluding hydrogens is 520 g/mol. The second kappa shape index (κ2) is 14.8. The van der Waals surface area contributed by atoms with Crippen LogP contribution in [0, 0.1) is 0 Å². The van der Waals surface area contributed by atoms with Crippen molar-refractivity contribution in [3.8, 4) is 11.5 Å². The van der Waals surface area contributed by atoms with E-state index in [-0.39, 0.29) is 36.6 Å². The summed E-state index contributed by atoms with van der Waals surface area (Å²) < 4.78 is 11.0. The number of nitrogens with zero attached hydrogens (tertiary/aromatic N) is 2. The maximum atomic E-state index is 14.0. The Kier molecular flexibility index (Phi) is 10.7. The quantitative estimate of drug-likeness (QED) is 0.307. The number of benzene rings is 2. The highest BCUT2D eigenvalue weighted by Crippen LogP contribution is 2.36. The first kappa shape index (κ1) is 29.6. The summed E-state index contributed by atoms with van der Waals surface area (Å²) in [7, 11) is 3.12. The molecule has 0 spiro atoms. The van der Waals surface area contributed by atoms with Crippen molar-refractivity contribution in [1.29, 1.82) is 0 Å². The summed E-state index contributed by atoms with van der Waals surface area (Å²) in [5.41, 5.74) is 1.13. The Labute approximate surface area is 241 Å². The highest BCUT2D eigenvalue weighted by atomic mass is 16.5. The second-order valence-electron chi connectivity index (χ2n) is 10.1. The standard InChI is InChI=1S/C32H38N4O5/c1-40-25-20-18-23(19-21-25)31(32(39)34-24-11-4-3-5-12-24)36(26-13-6-7-14-27(26)41-2)30(38)17-10-16-29(37)35-28-15-8-9-22-33-28/h6-9,13-15,18-22,24,31H,3-5,10-12,16-17H2,1-2H3,(H,34,39)(H,33,35,37)/t31-/m0/s1. The Morgan fingerprint density at radius 1 is 0.902 bits per heavy atom. The molecule has 0 saturated heterocycles. The van der Waals surface area contributed by atoms with E-state index in [1.807, 2.05) is 12.1 Å². The van der Waals surface area contributed by atoms with Crippen LogP contribution in [0.4, 0.5) is 11.5 Å². The molecule has 41 heavy (non-hydrogen) atoms. The minimum Gasteiger partial charge on any atom is -0.497 e. The molecule has 4 rings (SSSR count). The zero-order chi connectivity index (χ0) is 29.0. The third kappa shape index (κ3) is 8.06. The molecule has 9 heteroatoms. The zero-order valence-corrected chi connectivity index (χ0v) is 23.7. The third-order valence-corrected chi connectivity index (χ3v) is 7.23. The topological polar surface area (TPSA) is 110 Å². The third-order valence-electron chi connectivity index (χ3n) is 7.23. The van der Waals surface area contributed by atoms with E-state index in [1.165, 1.54) is 12.0 Å². The summed E-state index contributed by atoms with van der Waals surface area (Å²) >= 11 is 0. The fourth-order valence-electron chi connectivity index (χ4n) is 5.14. The Hall–Kier alpha value is -4.40. The van der Waals surface area contributed by atoms with Crippen molar-refractivity contribution in [2.45, 2.75) is 63.5 Å². The van der Waals surface area contributed by atoms with Gasteiger partial charge >= 0.3 is 0 Å². The van der Waals surface area contributed by atoms with E-state index in [2.05, 4.69) is 15.6 Å². The van der Waals surface area contributed by atoms with Crippen LogP contribution in [0.3, 0.4) is 0 Å². The van der Waals surface area contributed by atoms with Gasteiger partial charge in [-0.2, -0.15) is 0 Å². The van der Waals surface area contributed by atoms with E-state index in [4.69, 9.17) is 9.47 Å². The number of pyridine rings is 1. The van der Waals surface area contributed by atoms with Gasteiger partial charge in [-0.25, -0.2) is 4.98 Å². The molecule has 0 unspecified atom stereocenters. The summed E-state index contributed by atoms with van der Waals surface area (Å²) in [5, 5.41) is 5.96. The summed E-state index contributed by atoms with van der Waals surface area (Å²) in [6, 6.07) is 18.7. The summed E-state index contributed by atoms with van der Waals surface area (Å²) in [5.74, 6) is 0.793. The van der Waals surface area contributed by atoms with Crippen molar-refractivity contribution in [3.05, 3.63) is 78.5 Å². The molecule has 3 amide bonds. The Balaban J connectivity index is 1.62. The Bertz CT molecular complexity index is 1290. The number of hydrogen-bond donors (Lipinski definition) is 2. The lowest BCUT2D eigenvalue weighted by molar-refractivity contribution is -0.127. The van der Waals surface area contributed by atoms with Crippen LogP contribution >= 0.6 is 0 Å². The first-order chi connectivity index (χ1) is 20.0. The van der Waals surface area contributed by atoms with Crippen LogP contribution in [-0.2, 0) is 14.4 Å². The van der Waals surface area contributed by atoms with E-state index in [9.17, 15) is 14.4 Å². The van der Waals surface area contributed by atoms with Gasteiger partial charge in [0.15, 0.2) is 0 Å². The molecule has 2 aromatic carbocycles. The molecule has 0 aliphatic heterocycles. The van der Waals surface area contributed by atoms with Gasteiger partial charge in [0.2, 0.25) is 17.7 Å². The predicted molar refractivity (Wildman–Crippen MR) is 158 cm³/mol. The van der Waals surface area contributed by atoms with Crippen LogP contribution in [-0.4, -0.2) is 43.0 Å². The predicted octanol–water partition coefficient (Wildman–Crippen LogP) is 5.43.